The molecule has 0 aromatic carbocycles. The molecule has 0 fully saturated rings. The molecule has 0 aliphatic heterocycles. The van der Waals surface area contributed by atoms with Gasteiger partial charge in [-0.15, -0.1) is 0 Å². The second-order valence-corrected chi connectivity index (χ2v) is 2.57. The van der Waals surface area contributed by atoms with Crippen molar-refractivity contribution in [1.29, 1.82) is 0 Å². The second kappa shape index (κ2) is 5.14. The maximum Gasteiger partial charge on any atom is 0.454 e. The fraction of sp³-hybridized carbons (Fsp3) is 0.125. The van der Waals surface area contributed by atoms with Crippen molar-refractivity contribution in [2.75, 3.05) is 0 Å². The second-order valence-electron chi connectivity index (χ2n) is 2.57. The molecule has 0 aliphatic carbocycles. The molecule has 0 aliphatic rings. The summed E-state index contributed by atoms with van der Waals surface area (Å²) >= 11 is 0. The predicted molar refractivity (Wildman–Crippen MR) is 45.1 cm³/mol. The fourth-order valence-corrected chi connectivity index (χ4v) is 0.620. The lowest BCUT2D eigenvalue weighted by Crippen LogP contribution is -2.20. The van der Waals surface area contributed by atoms with Crippen molar-refractivity contribution in [3.8, 4) is 0 Å². The van der Waals surface area contributed by atoms with E-state index in [1.165, 1.54) is 0 Å². The molecule has 17 heavy (non-hydrogen) atoms. The van der Waals surface area contributed by atoms with E-state index in [4.69, 9.17) is 15.3 Å². The molecular formula is C8H5F3O6. The Morgan fingerprint density at radius 3 is 1.65 bits per heavy atom. The van der Waals surface area contributed by atoms with Crippen LogP contribution in [0.1, 0.15) is 0 Å². The Morgan fingerprint density at radius 1 is 0.882 bits per heavy atom. The average Bonchev–Trinajstić information content (AvgIpc) is 2.15. The van der Waals surface area contributed by atoms with Gasteiger partial charge in [0.05, 0.1) is 0 Å². The lowest BCUT2D eigenvalue weighted by molar-refractivity contribution is -0.165. The number of hydrogen-bond acceptors (Lipinski definition) is 4. The smallest absolute Gasteiger partial charge is 0.454 e. The Morgan fingerprint density at radius 2 is 1.35 bits per heavy atom. The summed E-state index contributed by atoms with van der Waals surface area (Å²) in [5.41, 5.74) is -1.34. The Bertz CT molecular complexity index is 417. The first kappa shape index (κ1) is 14.7. The molecule has 0 saturated heterocycles. The Hall–Kier alpha value is -2.32. The third-order valence-corrected chi connectivity index (χ3v) is 1.37. The summed E-state index contributed by atoms with van der Waals surface area (Å²) in [5.74, 6) is -8.10. The van der Waals surface area contributed by atoms with E-state index >= 15 is 0 Å². The van der Waals surface area contributed by atoms with Crippen molar-refractivity contribution in [3.63, 3.8) is 0 Å². The van der Waals surface area contributed by atoms with Crippen molar-refractivity contribution >= 4 is 17.7 Å². The lowest BCUT2D eigenvalue weighted by Gasteiger charge is -2.00. The van der Waals surface area contributed by atoms with Crippen molar-refractivity contribution < 1.29 is 42.9 Å². The minimum absolute atomic E-state index is 0.0572. The Balaban J connectivity index is 5.26. The Labute approximate surface area is 91.3 Å². The highest BCUT2D eigenvalue weighted by molar-refractivity contribution is 6.02. The largest absolute Gasteiger partial charge is 0.501 e. The summed E-state index contributed by atoms with van der Waals surface area (Å²) in [6.07, 6.45) is -5.34. The first-order valence-electron chi connectivity index (χ1n) is 3.76. The van der Waals surface area contributed by atoms with E-state index < -0.39 is 35.2 Å². The van der Waals surface area contributed by atoms with Gasteiger partial charge >= 0.3 is 18.1 Å². The third-order valence-electron chi connectivity index (χ3n) is 1.37. The van der Waals surface area contributed by atoms with Crippen LogP contribution in [0, 0.1) is 0 Å². The van der Waals surface area contributed by atoms with Gasteiger partial charge in [0.25, 0.3) is 5.78 Å². The van der Waals surface area contributed by atoms with Gasteiger partial charge in [-0.3, -0.25) is 4.79 Å². The average molecular weight is 254 g/mol. The Kier molecular flexibility index (Phi) is 4.44. The van der Waals surface area contributed by atoms with E-state index in [2.05, 4.69) is 0 Å². The van der Waals surface area contributed by atoms with Crippen LogP contribution in [0.3, 0.4) is 0 Å². The van der Waals surface area contributed by atoms with Gasteiger partial charge in [-0.1, -0.05) is 0 Å². The molecule has 0 bridgehead atoms. The monoisotopic (exact) mass is 254 g/mol. The number of carbonyl (C=O) groups excluding carboxylic acids is 1. The number of alkyl halides is 3. The normalized spacial score (nSPS) is 13.4. The topological polar surface area (TPSA) is 112 Å². The van der Waals surface area contributed by atoms with Crippen molar-refractivity contribution in [3.05, 3.63) is 23.5 Å². The maximum absolute atomic E-state index is 11.7. The summed E-state index contributed by atoms with van der Waals surface area (Å²) in [4.78, 5) is 30.9. The van der Waals surface area contributed by atoms with Crippen LogP contribution in [0.25, 0.3) is 0 Å². The van der Waals surface area contributed by atoms with E-state index in [1.807, 2.05) is 0 Å². The van der Waals surface area contributed by atoms with Gasteiger partial charge < -0.3 is 15.3 Å². The molecule has 3 N–H and O–H groups in total. The van der Waals surface area contributed by atoms with Crippen molar-refractivity contribution in [1.82, 2.24) is 0 Å². The van der Waals surface area contributed by atoms with Crippen LogP contribution in [0.2, 0.25) is 0 Å². The minimum Gasteiger partial charge on any atom is -0.501 e. The number of hydrogen-bond donors (Lipinski definition) is 3. The summed E-state index contributed by atoms with van der Waals surface area (Å²) in [6, 6.07) is 0. The van der Waals surface area contributed by atoms with Gasteiger partial charge in [0.2, 0.25) is 5.76 Å². The quantitative estimate of drug-likeness (QED) is 0.386. The highest BCUT2D eigenvalue weighted by atomic mass is 19.4. The van der Waals surface area contributed by atoms with Crippen LogP contribution in [-0.2, 0) is 14.4 Å². The van der Waals surface area contributed by atoms with Gasteiger partial charge in [0.1, 0.15) is 5.57 Å². The molecule has 9 heteroatoms. The number of aliphatic hydroxyl groups excluding tert-OH is 1. The molecule has 0 heterocycles. The molecule has 0 unspecified atom stereocenters. The molecule has 0 aromatic rings. The molecule has 0 saturated carbocycles. The fourth-order valence-electron chi connectivity index (χ4n) is 0.620. The summed E-state index contributed by atoms with van der Waals surface area (Å²) in [5, 5.41) is 25.3. The van der Waals surface area contributed by atoms with Crippen LogP contribution >= 0.6 is 0 Å². The molecule has 0 rings (SSSR count). The van der Waals surface area contributed by atoms with E-state index in [9.17, 15) is 27.6 Å². The lowest BCUT2D eigenvalue weighted by atomic mass is 10.2. The van der Waals surface area contributed by atoms with Gasteiger partial charge in [-0.05, 0) is 12.2 Å². The van der Waals surface area contributed by atoms with Gasteiger partial charge in [-0.25, -0.2) is 9.59 Å². The van der Waals surface area contributed by atoms with Crippen LogP contribution < -0.4 is 0 Å². The van der Waals surface area contributed by atoms with Crippen molar-refractivity contribution in [2.24, 2.45) is 0 Å². The number of halogens is 3. The van der Waals surface area contributed by atoms with E-state index in [-0.39, 0.29) is 12.2 Å². The summed E-state index contributed by atoms with van der Waals surface area (Å²) in [6.45, 7) is 0. The number of aliphatic carboxylic acids is 2. The van der Waals surface area contributed by atoms with Gasteiger partial charge in [0, 0.05) is 0 Å². The molecule has 0 spiro atoms. The van der Waals surface area contributed by atoms with Gasteiger partial charge in [0.15, 0.2) is 0 Å². The highest BCUT2D eigenvalue weighted by Crippen LogP contribution is 2.17. The number of carbonyl (C=O) groups is 3. The molecule has 6 nitrogen and oxygen atoms in total. The molecular weight excluding hydrogens is 249 g/mol. The standard InChI is InChI=1S/C8H5F3O6/c9-8(10,11)4(12)2-1-3(6(14)15)5(13)7(16)17/h1-2,13H,(H,14,15)(H,16,17)/b2-1+,5-3+. The van der Waals surface area contributed by atoms with Crippen molar-refractivity contribution in [2.45, 2.75) is 6.18 Å². The number of aliphatic hydroxyl groups is 1. The maximum atomic E-state index is 11.7. The first-order chi connectivity index (χ1) is 7.57. The highest BCUT2D eigenvalue weighted by Gasteiger charge is 2.36. The summed E-state index contributed by atoms with van der Waals surface area (Å²) < 4.78 is 35.2. The number of rotatable bonds is 4. The van der Waals surface area contributed by atoms with Crippen LogP contribution in [0.15, 0.2) is 23.5 Å². The van der Waals surface area contributed by atoms with Crippen LogP contribution in [-0.4, -0.2) is 39.2 Å². The number of allylic oxidation sites excluding steroid dienone is 1. The predicted octanol–water partition coefficient (Wildman–Crippen LogP) is 0.655. The summed E-state index contributed by atoms with van der Waals surface area (Å²) in [7, 11) is 0. The molecule has 0 amide bonds. The van der Waals surface area contributed by atoms with E-state index in [0.29, 0.717) is 0 Å². The van der Waals surface area contributed by atoms with E-state index in [1.54, 1.807) is 0 Å². The third kappa shape index (κ3) is 4.36. The molecule has 0 aromatic heterocycles. The zero-order valence-electron chi connectivity index (χ0n) is 7.85. The minimum atomic E-state index is -5.21. The zero-order chi connectivity index (χ0) is 13.8. The number of ketones is 1. The number of carboxylic acid groups (broad SMARTS) is 2. The first-order valence-corrected chi connectivity index (χ1v) is 3.76. The number of carboxylic acids is 2. The molecule has 0 atom stereocenters. The molecule has 94 valence electrons. The van der Waals surface area contributed by atoms with Crippen LogP contribution in [0.4, 0.5) is 13.2 Å². The SMILES string of the molecule is O=C(O)/C(O)=C(/C=C/C(=O)C(F)(F)F)C(=O)O. The molecule has 0 radical (unpaired) electrons. The zero-order valence-corrected chi connectivity index (χ0v) is 7.85. The van der Waals surface area contributed by atoms with Crippen LogP contribution in [0.5, 0.6) is 0 Å². The van der Waals surface area contributed by atoms with E-state index in [0.717, 1.165) is 0 Å². The van der Waals surface area contributed by atoms with Gasteiger partial charge in [-0.2, -0.15) is 13.2 Å².